The Hall–Kier alpha value is -3.28. The highest BCUT2D eigenvalue weighted by Gasteiger charge is 2.13. The summed E-state index contributed by atoms with van der Waals surface area (Å²) in [5, 5.41) is 9.04. The summed E-state index contributed by atoms with van der Waals surface area (Å²) in [4.78, 5) is 23.6. The van der Waals surface area contributed by atoms with E-state index in [9.17, 15) is 9.59 Å². The van der Waals surface area contributed by atoms with Crippen LogP contribution in [0, 0.1) is 0 Å². The molecule has 0 spiro atoms. The topological polar surface area (TPSA) is 82.1 Å². The molecule has 0 saturated heterocycles. The van der Waals surface area contributed by atoms with E-state index in [0.29, 0.717) is 33.9 Å². The number of hydrogen-bond donors (Lipinski definition) is 1. The molecule has 0 aliphatic rings. The van der Waals surface area contributed by atoms with Crippen LogP contribution in [0.5, 0.6) is 17.2 Å². The number of carbonyl (C=O) groups excluding carboxylic acids is 1. The van der Waals surface area contributed by atoms with Gasteiger partial charge in [0.1, 0.15) is 5.75 Å². The second-order valence-electron chi connectivity index (χ2n) is 6.34. The van der Waals surface area contributed by atoms with Gasteiger partial charge >= 0.3 is 5.97 Å². The molecule has 0 atom stereocenters. The molecule has 148 valence electrons. The lowest BCUT2D eigenvalue weighted by Gasteiger charge is -2.15. The molecule has 0 aromatic heterocycles. The smallest absolute Gasteiger partial charge is 0.307 e. The molecule has 2 aromatic rings. The van der Waals surface area contributed by atoms with Crippen molar-refractivity contribution in [1.82, 2.24) is 0 Å². The zero-order chi connectivity index (χ0) is 20.7. The molecule has 6 heteroatoms. The molecule has 0 amide bonds. The predicted octanol–water partition coefficient (Wildman–Crippen LogP) is 4.01. The molecule has 2 rings (SSSR count). The molecule has 0 heterocycles. The molecule has 0 saturated carbocycles. The Kier molecular flexibility index (Phi) is 7.21. The lowest BCUT2D eigenvalue weighted by atomic mass is 10.0. The maximum absolute atomic E-state index is 12.6. The molecule has 0 bridgehead atoms. The summed E-state index contributed by atoms with van der Waals surface area (Å²) in [5.74, 6) is 0.322. The maximum Gasteiger partial charge on any atom is 0.307 e. The van der Waals surface area contributed by atoms with Crippen LogP contribution in [0.15, 0.2) is 42.5 Å². The largest absolute Gasteiger partial charge is 0.496 e. The van der Waals surface area contributed by atoms with E-state index in [1.165, 1.54) is 19.3 Å². The third kappa shape index (κ3) is 5.36. The van der Waals surface area contributed by atoms with Gasteiger partial charge in [0, 0.05) is 16.7 Å². The van der Waals surface area contributed by atoms with Crippen molar-refractivity contribution in [3.05, 3.63) is 59.2 Å². The Morgan fingerprint density at radius 2 is 1.79 bits per heavy atom. The van der Waals surface area contributed by atoms with Crippen LogP contribution in [0.2, 0.25) is 0 Å². The van der Waals surface area contributed by atoms with Crippen LogP contribution in [-0.2, 0) is 11.2 Å². The second-order valence-corrected chi connectivity index (χ2v) is 6.34. The Morgan fingerprint density at radius 1 is 1.07 bits per heavy atom. The zero-order valence-corrected chi connectivity index (χ0v) is 16.4. The first-order chi connectivity index (χ1) is 13.3. The minimum atomic E-state index is -0.995. The maximum atomic E-state index is 12.6. The number of ketones is 1. The third-order valence-electron chi connectivity index (χ3n) is 3.90. The van der Waals surface area contributed by atoms with Crippen LogP contribution in [0.3, 0.4) is 0 Å². The predicted molar refractivity (Wildman–Crippen MR) is 106 cm³/mol. The summed E-state index contributed by atoms with van der Waals surface area (Å²) >= 11 is 0. The minimum Gasteiger partial charge on any atom is -0.496 e. The number of hydrogen-bond acceptors (Lipinski definition) is 5. The molecule has 0 aliphatic heterocycles. The van der Waals surface area contributed by atoms with Crippen molar-refractivity contribution in [2.75, 3.05) is 14.2 Å². The lowest BCUT2D eigenvalue weighted by Crippen LogP contribution is -2.08. The van der Waals surface area contributed by atoms with Crippen molar-refractivity contribution in [2.24, 2.45) is 0 Å². The highest BCUT2D eigenvalue weighted by molar-refractivity contribution is 6.07. The van der Waals surface area contributed by atoms with Crippen molar-refractivity contribution in [3.8, 4) is 17.2 Å². The van der Waals surface area contributed by atoms with Crippen LogP contribution < -0.4 is 14.2 Å². The van der Waals surface area contributed by atoms with E-state index in [-0.39, 0.29) is 18.3 Å². The van der Waals surface area contributed by atoms with Gasteiger partial charge in [-0.15, -0.1) is 0 Å². The fourth-order valence-corrected chi connectivity index (χ4v) is 2.68. The Balaban J connectivity index is 2.32. The number of aliphatic carboxylic acids is 1. The number of allylic oxidation sites excluding steroid dienone is 1. The number of carboxylic acids is 1. The van der Waals surface area contributed by atoms with Crippen molar-refractivity contribution < 1.29 is 28.9 Å². The van der Waals surface area contributed by atoms with E-state index < -0.39 is 5.97 Å². The van der Waals surface area contributed by atoms with Crippen molar-refractivity contribution in [2.45, 2.75) is 26.4 Å². The molecule has 0 aliphatic carbocycles. The van der Waals surface area contributed by atoms with Gasteiger partial charge in [0.05, 0.1) is 26.7 Å². The van der Waals surface area contributed by atoms with Gasteiger partial charge in [-0.25, -0.2) is 0 Å². The van der Waals surface area contributed by atoms with Gasteiger partial charge < -0.3 is 19.3 Å². The standard InChI is InChI=1S/C22H24O6/c1-14(2)28-22-15(6-5-7-20(22)27-4)8-10-18(23)16-9-11-19(26-3)17(12-16)13-21(24)25/h5-12,14H,13H2,1-4H3,(H,24,25)/b10-8+. The van der Waals surface area contributed by atoms with Gasteiger partial charge in [-0.05, 0) is 50.3 Å². The normalized spacial score (nSPS) is 10.9. The van der Waals surface area contributed by atoms with Crippen LogP contribution in [-0.4, -0.2) is 37.2 Å². The van der Waals surface area contributed by atoms with Crippen molar-refractivity contribution in [3.63, 3.8) is 0 Å². The van der Waals surface area contributed by atoms with Crippen LogP contribution in [0.1, 0.15) is 35.3 Å². The molecule has 0 radical (unpaired) electrons. The third-order valence-corrected chi connectivity index (χ3v) is 3.90. The summed E-state index contributed by atoms with van der Waals surface area (Å²) in [6, 6.07) is 10.2. The molecule has 28 heavy (non-hydrogen) atoms. The molecular weight excluding hydrogens is 360 g/mol. The number of methoxy groups -OCH3 is 2. The summed E-state index contributed by atoms with van der Waals surface area (Å²) in [6.07, 6.45) is 2.80. The zero-order valence-electron chi connectivity index (χ0n) is 16.4. The first-order valence-electron chi connectivity index (χ1n) is 8.80. The Labute approximate surface area is 164 Å². The average Bonchev–Trinajstić information content (AvgIpc) is 2.65. The fourth-order valence-electron chi connectivity index (χ4n) is 2.68. The van der Waals surface area contributed by atoms with Crippen molar-refractivity contribution >= 4 is 17.8 Å². The van der Waals surface area contributed by atoms with E-state index in [1.807, 2.05) is 26.0 Å². The summed E-state index contributed by atoms with van der Waals surface area (Å²) < 4.78 is 16.3. The number of carbonyl (C=O) groups is 2. The second kappa shape index (κ2) is 9.60. The summed E-state index contributed by atoms with van der Waals surface area (Å²) in [6.45, 7) is 3.82. The van der Waals surface area contributed by atoms with Crippen LogP contribution >= 0.6 is 0 Å². The fraction of sp³-hybridized carbons (Fsp3) is 0.273. The lowest BCUT2D eigenvalue weighted by molar-refractivity contribution is -0.136. The molecular formula is C22H24O6. The van der Waals surface area contributed by atoms with Gasteiger partial charge in [0.15, 0.2) is 17.3 Å². The summed E-state index contributed by atoms with van der Waals surface area (Å²) in [5.41, 5.74) is 1.53. The number of rotatable bonds is 9. The highest BCUT2D eigenvalue weighted by Crippen LogP contribution is 2.33. The average molecular weight is 384 g/mol. The summed E-state index contributed by atoms with van der Waals surface area (Å²) in [7, 11) is 3.02. The van der Waals surface area contributed by atoms with Crippen LogP contribution in [0.4, 0.5) is 0 Å². The van der Waals surface area contributed by atoms with E-state index in [1.54, 1.807) is 31.4 Å². The van der Waals surface area contributed by atoms with E-state index in [4.69, 9.17) is 19.3 Å². The van der Waals surface area contributed by atoms with E-state index in [0.717, 1.165) is 0 Å². The molecule has 6 nitrogen and oxygen atoms in total. The van der Waals surface area contributed by atoms with E-state index in [2.05, 4.69) is 0 Å². The number of para-hydroxylation sites is 1. The SMILES string of the molecule is COc1ccc(C(=O)/C=C/c2cccc(OC)c2OC(C)C)cc1CC(=O)O. The van der Waals surface area contributed by atoms with Crippen molar-refractivity contribution in [1.29, 1.82) is 0 Å². The first-order valence-corrected chi connectivity index (χ1v) is 8.80. The van der Waals surface area contributed by atoms with Gasteiger partial charge in [0.25, 0.3) is 0 Å². The molecule has 0 unspecified atom stereocenters. The quantitative estimate of drug-likeness (QED) is 0.520. The van der Waals surface area contributed by atoms with Gasteiger partial charge in [-0.1, -0.05) is 12.1 Å². The van der Waals surface area contributed by atoms with Gasteiger partial charge in [-0.3, -0.25) is 9.59 Å². The minimum absolute atomic E-state index is 0.0562. The van der Waals surface area contributed by atoms with Gasteiger partial charge in [0.2, 0.25) is 0 Å². The molecule has 2 aromatic carbocycles. The number of carboxylic acid groups (broad SMARTS) is 1. The molecule has 0 fully saturated rings. The number of ether oxygens (including phenoxy) is 3. The van der Waals surface area contributed by atoms with Crippen LogP contribution in [0.25, 0.3) is 6.08 Å². The highest BCUT2D eigenvalue weighted by atomic mass is 16.5. The van der Waals surface area contributed by atoms with Gasteiger partial charge in [-0.2, -0.15) is 0 Å². The molecule has 1 N–H and O–H groups in total. The number of benzene rings is 2. The Morgan fingerprint density at radius 3 is 2.39 bits per heavy atom. The first kappa shape index (κ1) is 21.0. The van der Waals surface area contributed by atoms with E-state index >= 15 is 0 Å². The Bertz CT molecular complexity index is 883. The monoisotopic (exact) mass is 384 g/mol.